The topological polar surface area (TPSA) is 81.4 Å². The number of rotatable bonds is 1. The van der Waals surface area contributed by atoms with Gasteiger partial charge < -0.3 is 15.8 Å². The molecule has 4 aliphatic rings. The van der Waals surface area contributed by atoms with E-state index in [4.69, 9.17) is 10.5 Å². The van der Waals surface area contributed by atoms with Crippen molar-refractivity contribution in [1.82, 2.24) is 5.32 Å². The first-order valence-corrected chi connectivity index (χ1v) is 12.0. The van der Waals surface area contributed by atoms with Crippen LogP contribution in [0, 0.1) is 22.7 Å². The summed E-state index contributed by atoms with van der Waals surface area (Å²) in [5, 5.41) is 2.88. The Morgan fingerprint density at radius 2 is 2.00 bits per heavy atom. The zero-order valence-corrected chi connectivity index (χ0v) is 19.8. The fourth-order valence-electron chi connectivity index (χ4n) is 7.35. The van der Waals surface area contributed by atoms with Crippen LogP contribution < -0.4 is 15.8 Å². The molecule has 0 aromatic heterocycles. The van der Waals surface area contributed by atoms with Gasteiger partial charge in [0.15, 0.2) is 0 Å². The summed E-state index contributed by atoms with van der Waals surface area (Å²) in [5.74, 6) is 0.991. The first kappa shape index (κ1) is 20.3. The smallest absolute Gasteiger partial charge is 0.252 e. The van der Waals surface area contributed by atoms with E-state index >= 15 is 0 Å². The monoisotopic (exact) mass is 474 g/mol. The molecule has 1 aromatic rings. The van der Waals surface area contributed by atoms with Crippen LogP contribution in [0.3, 0.4) is 0 Å². The maximum Gasteiger partial charge on any atom is 0.252 e. The fourth-order valence-corrected chi connectivity index (χ4v) is 8.66. The van der Waals surface area contributed by atoms with E-state index < -0.39 is 5.91 Å². The van der Waals surface area contributed by atoms with Gasteiger partial charge in [0.05, 0.1) is 11.1 Å². The van der Waals surface area contributed by atoms with Crippen LogP contribution in [-0.2, 0) is 13.0 Å². The highest BCUT2D eigenvalue weighted by atomic mass is 79.9. The second-order valence-electron chi connectivity index (χ2n) is 10.9. The molecule has 2 aliphatic carbocycles. The number of carbonyl (C=O) groups excluding carboxylic acids is 2. The lowest BCUT2D eigenvalue weighted by atomic mass is 9.44. The summed E-state index contributed by atoms with van der Waals surface area (Å²) in [6.07, 6.45) is 5.30. The quantitative estimate of drug-likeness (QED) is 0.593. The van der Waals surface area contributed by atoms with Crippen molar-refractivity contribution in [2.45, 2.75) is 76.8 Å². The first-order valence-electron chi connectivity index (χ1n) is 11.1. The first-order chi connectivity index (χ1) is 14.0. The van der Waals surface area contributed by atoms with Crippen LogP contribution in [0.5, 0.6) is 5.75 Å². The highest BCUT2D eigenvalue weighted by Crippen LogP contribution is 2.66. The minimum absolute atomic E-state index is 0.0498. The van der Waals surface area contributed by atoms with E-state index in [2.05, 4.69) is 48.9 Å². The van der Waals surface area contributed by atoms with Crippen molar-refractivity contribution in [2.24, 2.45) is 28.4 Å². The molecular weight excluding hydrogens is 444 g/mol. The Balaban J connectivity index is 1.75. The Bertz CT molecular complexity index is 974. The Hall–Kier alpha value is -1.56. The van der Waals surface area contributed by atoms with E-state index in [1.165, 1.54) is 6.42 Å². The molecule has 2 heterocycles. The molecule has 2 fully saturated rings. The average Bonchev–Trinajstić information content (AvgIpc) is 3.01. The van der Waals surface area contributed by atoms with Gasteiger partial charge in [0.25, 0.3) is 5.91 Å². The standard InChI is InChI=1S/C24H31BrN2O3/c1-12-5-6-17-22(2,3)9-14(25)10-24(17)23(12,4)8-13-7-15(20(26)28)18-16(19(13)30-24)11-27-21(18)29/h7,12,14,17H,5-6,8-11H2,1-4H3,(H2,26,28)(H,27,29)/t12-,14+,17-,23+,24-/m0/s1. The van der Waals surface area contributed by atoms with Gasteiger partial charge in [0.1, 0.15) is 11.4 Å². The number of ether oxygens (including phenoxy) is 1. The average molecular weight is 475 g/mol. The summed E-state index contributed by atoms with van der Waals surface area (Å²) < 4.78 is 7.16. The number of amides is 2. The molecular formula is C24H31BrN2O3. The number of benzene rings is 1. The minimum Gasteiger partial charge on any atom is -0.486 e. The summed E-state index contributed by atoms with van der Waals surface area (Å²) in [6.45, 7) is 9.90. The molecule has 30 heavy (non-hydrogen) atoms. The van der Waals surface area contributed by atoms with Gasteiger partial charge >= 0.3 is 0 Å². The van der Waals surface area contributed by atoms with Crippen molar-refractivity contribution < 1.29 is 14.3 Å². The highest BCUT2D eigenvalue weighted by Gasteiger charge is 2.67. The number of fused-ring (bicyclic) bond motifs is 3. The molecule has 0 radical (unpaired) electrons. The predicted octanol–water partition coefficient (Wildman–Crippen LogP) is 4.34. The largest absolute Gasteiger partial charge is 0.486 e. The molecule has 2 saturated carbocycles. The molecule has 5 nitrogen and oxygen atoms in total. The van der Waals surface area contributed by atoms with Crippen LogP contribution >= 0.6 is 15.9 Å². The molecule has 1 spiro atoms. The zero-order valence-electron chi connectivity index (χ0n) is 18.2. The van der Waals surface area contributed by atoms with Crippen LogP contribution in [0.1, 0.15) is 85.2 Å². The molecule has 2 aliphatic heterocycles. The van der Waals surface area contributed by atoms with Crippen LogP contribution in [0.15, 0.2) is 6.07 Å². The maximum atomic E-state index is 12.5. The van der Waals surface area contributed by atoms with Gasteiger partial charge in [0, 0.05) is 34.7 Å². The lowest BCUT2D eigenvalue weighted by molar-refractivity contribution is -0.208. The van der Waals surface area contributed by atoms with Crippen LogP contribution in [-0.4, -0.2) is 22.2 Å². The Labute approximate surface area is 186 Å². The summed E-state index contributed by atoms with van der Waals surface area (Å²) >= 11 is 3.96. The Morgan fingerprint density at radius 1 is 1.27 bits per heavy atom. The van der Waals surface area contributed by atoms with E-state index in [9.17, 15) is 9.59 Å². The lowest BCUT2D eigenvalue weighted by Gasteiger charge is -2.67. The second kappa shape index (κ2) is 6.24. The third kappa shape index (κ3) is 2.46. The molecule has 5 rings (SSSR count). The molecule has 0 saturated heterocycles. The number of hydrogen-bond acceptors (Lipinski definition) is 3. The number of nitrogens with two attached hydrogens (primary N) is 1. The fraction of sp³-hybridized carbons (Fsp3) is 0.667. The summed E-state index contributed by atoms with van der Waals surface area (Å²) in [4.78, 5) is 25.1. The van der Waals surface area contributed by atoms with Crippen molar-refractivity contribution in [2.75, 3.05) is 0 Å². The Morgan fingerprint density at radius 3 is 2.70 bits per heavy atom. The van der Waals surface area contributed by atoms with Gasteiger partial charge in [0.2, 0.25) is 5.91 Å². The number of primary amides is 1. The second-order valence-corrected chi connectivity index (χ2v) is 12.2. The number of carbonyl (C=O) groups is 2. The molecule has 6 heteroatoms. The van der Waals surface area contributed by atoms with E-state index in [-0.39, 0.29) is 22.3 Å². The van der Waals surface area contributed by atoms with E-state index in [1.54, 1.807) is 0 Å². The normalized spacial score (nSPS) is 38.4. The third-order valence-corrected chi connectivity index (χ3v) is 9.58. The maximum absolute atomic E-state index is 12.5. The third-order valence-electron chi connectivity index (χ3n) is 8.94. The van der Waals surface area contributed by atoms with Gasteiger partial charge in [-0.2, -0.15) is 0 Å². The molecule has 162 valence electrons. The number of nitrogens with one attached hydrogen (secondary N) is 1. The van der Waals surface area contributed by atoms with E-state index in [0.717, 1.165) is 42.6 Å². The summed E-state index contributed by atoms with van der Waals surface area (Å²) in [5.41, 5.74) is 8.06. The minimum atomic E-state index is -0.551. The van der Waals surface area contributed by atoms with Crippen molar-refractivity contribution >= 4 is 27.7 Å². The number of alkyl halides is 1. The molecule has 0 unspecified atom stereocenters. The van der Waals surface area contributed by atoms with E-state index in [1.807, 2.05) is 6.07 Å². The van der Waals surface area contributed by atoms with Gasteiger partial charge in [-0.25, -0.2) is 0 Å². The van der Waals surface area contributed by atoms with Crippen LogP contribution in [0.4, 0.5) is 0 Å². The zero-order chi connectivity index (χ0) is 21.6. The van der Waals surface area contributed by atoms with Crippen molar-refractivity contribution in [1.29, 1.82) is 0 Å². The predicted molar refractivity (Wildman–Crippen MR) is 119 cm³/mol. The van der Waals surface area contributed by atoms with Crippen LogP contribution in [0.25, 0.3) is 0 Å². The summed E-state index contributed by atoms with van der Waals surface area (Å²) in [7, 11) is 0. The van der Waals surface area contributed by atoms with Crippen molar-refractivity contribution in [3.05, 3.63) is 28.3 Å². The van der Waals surface area contributed by atoms with Crippen LogP contribution in [0.2, 0.25) is 0 Å². The Kier molecular flexibility index (Phi) is 4.23. The molecule has 1 aromatic carbocycles. The molecule has 0 bridgehead atoms. The number of hydrogen-bond donors (Lipinski definition) is 2. The van der Waals surface area contributed by atoms with Crippen molar-refractivity contribution in [3.8, 4) is 5.75 Å². The highest BCUT2D eigenvalue weighted by molar-refractivity contribution is 9.09. The SMILES string of the molecule is C[C@H]1CC[C@H]2C(C)(C)C[C@@H](Br)C[C@]23Oc2c(cc(C(N)=O)c4c2CNC4=O)C[C@]13C. The molecule has 2 amide bonds. The van der Waals surface area contributed by atoms with Gasteiger partial charge in [-0.3, -0.25) is 9.59 Å². The summed E-state index contributed by atoms with van der Waals surface area (Å²) in [6, 6.07) is 1.83. The molecule has 3 N–H and O–H groups in total. The molecule has 5 atom stereocenters. The van der Waals surface area contributed by atoms with E-state index in [0.29, 0.717) is 34.3 Å². The van der Waals surface area contributed by atoms with Crippen molar-refractivity contribution in [3.63, 3.8) is 0 Å². The van der Waals surface area contributed by atoms with Gasteiger partial charge in [-0.15, -0.1) is 0 Å². The number of halogens is 1. The van der Waals surface area contributed by atoms with Gasteiger partial charge in [-0.1, -0.05) is 43.6 Å². The van der Waals surface area contributed by atoms with Gasteiger partial charge in [-0.05, 0) is 48.6 Å². The lowest BCUT2D eigenvalue weighted by Crippen LogP contribution is -2.69.